The van der Waals surface area contributed by atoms with E-state index in [1.54, 1.807) is 12.1 Å². The van der Waals surface area contributed by atoms with Crippen LogP contribution in [0.15, 0.2) is 48.5 Å². The summed E-state index contributed by atoms with van der Waals surface area (Å²) in [6, 6.07) is 15.5. The standard InChI is InChI=1S/C23H28N4O2/c28-22(26-19-9-3-2-8-18(19)23(29)25-17-12-13-17)16-24-20-10-4-5-11-21(20)27-14-6-1-7-15-27/h2-5,8-11,17,24H,1,6-7,12-16H2,(H,25,29)(H,26,28). The molecule has 2 aromatic rings. The summed E-state index contributed by atoms with van der Waals surface area (Å²) in [6.45, 7) is 2.24. The number of carbonyl (C=O) groups excluding carboxylic acids is 2. The molecule has 1 aliphatic carbocycles. The molecule has 2 aliphatic rings. The summed E-state index contributed by atoms with van der Waals surface area (Å²) >= 11 is 0. The molecule has 0 spiro atoms. The van der Waals surface area contributed by atoms with Gasteiger partial charge in [0.25, 0.3) is 5.91 Å². The summed E-state index contributed by atoms with van der Waals surface area (Å²) in [4.78, 5) is 27.4. The Morgan fingerprint density at radius 3 is 2.34 bits per heavy atom. The highest BCUT2D eigenvalue weighted by Crippen LogP contribution is 2.28. The summed E-state index contributed by atoms with van der Waals surface area (Å²) in [5.74, 6) is -0.308. The minimum absolute atomic E-state index is 0.133. The van der Waals surface area contributed by atoms with E-state index in [-0.39, 0.29) is 24.4 Å². The molecule has 1 saturated heterocycles. The van der Waals surface area contributed by atoms with E-state index in [1.165, 1.54) is 19.3 Å². The van der Waals surface area contributed by atoms with Crippen molar-refractivity contribution in [2.45, 2.75) is 38.1 Å². The number of carbonyl (C=O) groups is 2. The summed E-state index contributed by atoms with van der Waals surface area (Å²) in [7, 11) is 0. The number of hydrogen-bond donors (Lipinski definition) is 3. The van der Waals surface area contributed by atoms with Crippen LogP contribution in [0.1, 0.15) is 42.5 Å². The lowest BCUT2D eigenvalue weighted by Crippen LogP contribution is -2.31. The molecular weight excluding hydrogens is 364 g/mol. The molecule has 0 aromatic heterocycles. The highest BCUT2D eigenvalue weighted by Gasteiger charge is 2.25. The van der Waals surface area contributed by atoms with Crippen molar-refractivity contribution in [2.75, 3.05) is 35.2 Å². The van der Waals surface area contributed by atoms with Gasteiger partial charge in [-0.2, -0.15) is 0 Å². The van der Waals surface area contributed by atoms with Crippen molar-refractivity contribution in [2.24, 2.45) is 0 Å². The highest BCUT2D eigenvalue weighted by atomic mass is 16.2. The number of nitrogens with zero attached hydrogens (tertiary/aromatic N) is 1. The van der Waals surface area contributed by atoms with E-state index in [1.807, 2.05) is 30.3 Å². The first-order valence-electron chi connectivity index (χ1n) is 10.5. The number of nitrogens with one attached hydrogen (secondary N) is 3. The Kier molecular flexibility index (Phi) is 5.98. The van der Waals surface area contributed by atoms with Crippen LogP contribution in [0.5, 0.6) is 0 Å². The van der Waals surface area contributed by atoms with Gasteiger partial charge in [-0.25, -0.2) is 0 Å². The van der Waals surface area contributed by atoms with E-state index < -0.39 is 0 Å². The van der Waals surface area contributed by atoms with Crippen LogP contribution in [0.2, 0.25) is 0 Å². The van der Waals surface area contributed by atoms with E-state index in [0.717, 1.165) is 37.3 Å². The van der Waals surface area contributed by atoms with Gasteiger partial charge in [-0.1, -0.05) is 24.3 Å². The second-order valence-electron chi connectivity index (χ2n) is 7.76. The highest BCUT2D eigenvalue weighted by molar-refractivity contribution is 6.04. The Labute approximate surface area is 171 Å². The molecule has 4 rings (SSSR count). The van der Waals surface area contributed by atoms with E-state index in [2.05, 4.69) is 26.9 Å². The Morgan fingerprint density at radius 2 is 1.59 bits per heavy atom. The maximum atomic E-state index is 12.6. The fraction of sp³-hybridized carbons (Fsp3) is 0.391. The summed E-state index contributed by atoms with van der Waals surface area (Å²) in [5, 5.41) is 9.12. The van der Waals surface area contributed by atoms with Crippen molar-refractivity contribution in [3.8, 4) is 0 Å². The van der Waals surface area contributed by atoms with Crippen LogP contribution in [0, 0.1) is 0 Å². The monoisotopic (exact) mass is 392 g/mol. The SMILES string of the molecule is O=C(CNc1ccccc1N1CCCCC1)Nc1ccccc1C(=O)NC1CC1. The van der Waals surface area contributed by atoms with Crippen LogP contribution in [-0.2, 0) is 4.79 Å². The zero-order valence-corrected chi connectivity index (χ0v) is 16.6. The van der Waals surface area contributed by atoms with Crippen molar-refractivity contribution in [3.63, 3.8) is 0 Å². The quantitative estimate of drug-likeness (QED) is 0.673. The molecule has 0 bridgehead atoms. The minimum atomic E-state index is -0.176. The van der Waals surface area contributed by atoms with Crippen LogP contribution in [-0.4, -0.2) is 37.5 Å². The van der Waals surface area contributed by atoms with Gasteiger partial charge in [0.15, 0.2) is 0 Å². The third-order valence-corrected chi connectivity index (χ3v) is 5.40. The molecule has 1 saturated carbocycles. The molecule has 6 nitrogen and oxygen atoms in total. The van der Waals surface area contributed by atoms with Crippen LogP contribution < -0.4 is 20.9 Å². The molecule has 0 atom stereocenters. The first-order valence-corrected chi connectivity index (χ1v) is 10.5. The predicted molar refractivity (Wildman–Crippen MR) is 117 cm³/mol. The second-order valence-corrected chi connectivity index (χ2v) is 7.76. The second kappa shape index (κ2) is 8.99. The first kappa shape index (κ1) is 19.3. The van der Waals surface area contributed by atoms with Crippen molar-refractivity contribution < 1.29 is 9.59 Å². The topological polar surface area (TPSA) is 73.5 Å². The van der Waals surface area contributed by atoms with Crippen LogP contribution >= 0.6 is 0 Å². The number of anilines is 3. The van der Waals surface area contributed by atoms with Crippen LogP contribution in [0.25, 0.3) is 0 Å². The van der Waals surface area contributed by atoms with Gasteiger partial charge in [0, 0.05) is 19.1 Å². The molecule has 152 valence electrons. The molecule has 6 heteroatoms. The largest absolute Gasteiger partial charge is 0.374 e. The van der Waals surface area contributed by atoms with Crippen molar-refractivity contribution in [3.05, 3.63) is 54.1 Å². The average Bonchev–Trinajstić information content (AvgIpc) is 3.57. The molecule has 0 unspecified atom stereocenters. The zero-order chi connectivity index (χ0) is 20.1. The fourth-order valence-electron chi connectivity index (χ4n) is 3.68. The Bertz CT molecular complexity index is 873. The van der Waals surface area contributed by atoms with Crippen molar-refractivity contribution in [1.82, 2.24) is 5.32 Å². The van der Waals surface area contributed by atoms with E-state index >= 15 is 0 Å². The van der Waals surface area contributed by atoms with Crippen LogP contribution in [0.3, 0.4) is 0 Å². The molecule has 2 aromatic carbocycles. The minimum Gasteiger partial charge on any atom is -0.374 e. The summed E-state index contributed by atoms with van der Waals surface area (Å²) in [5.41, 5.74) is 3.15. The molecular formula is C23H28N4O2. The maximum Gasteiger partial charge on any atom is 0.253 e. The van der Waals surface area contributed by atoms with Crippen molar-refractivity contribution in [1.29, 1.82) is 0 Å². The molecule has 2 fully saturated rings. The van der Waals surface area contributed by atoms with Gasteiger partial charge < -0.3 is 20.9 Å². The smallest absolute Gasteiger partial charge is 0.253 e. The molecule has 0 radical (unpaired) electrons. The molecule has 1 heterocycles. The number of rotatable bonds is 7. The molecule has 3 N–H and O–H groups in total. The number of hydrogen-bond acceptors (Lipinski definition) is 4. The lowest BCUT2D eigenvalue weighted by atomic mass is 10.1. The van der Waals surface area contributed by atoms with E-state index in [9.17, 15) is 9.59 Å². The Balaban J connectivity index is 1.38. The van der Waals surface area contributed by atoms with Crippen LogP contribution in [0.4, 0.5) is 17.1 Å². The van der Waals surface area contributed by atoms with Gasteiger partial charge >= 0.3 is 0 Å². The zero-order valence-electron chi connectivity index (χ0n) is 16.6. The number of piperidine rings is 1. The fourth-order valence-corrected chi connectivity index (χ4v) is 3.68. The van der Waals surface area contributed by atoms with Crippen molar-refractivity contribution >= 4 is 28.9 Å². The lowest BCUT2D eigenvalue weighted by molar-refractivity contribution is -0.114. The maximum absolute atomic E-state index is 12.6. The van der Waals surface area contributed by atoms with Gasteiger partial charge in [-0.05, 0) is 56.4 Å². The number of benzene rings is 2. The Morgan fingerprint density at radius 1 is 0.897 bits per heavy atom. The molecule has 2 amide bonds. The first-order chi connectivity index (χ1) is 14.2. The van der Waals surface area contributed by atoms with Gasteiger partial charge in [0.1, 0.15) is 0 Å². The van der Waals surface area contributed by atoms with Gasteiger partial charge in [0.2, 0.25) is 5.91 Å². The number of para-hydroxylation sites is 3. The van der Waals surface area contributed by atoms with Gasteiger partial charge in [-0.3, -0.25) is 9.59 Å². The lowest BCUT2D eigenvalue weighted by Gasteiger charge is -2.30. The van der Waals surface area contributed by atoms with Gasteiger partial charge in [-0.15, -0.1) is 0 Å². The predicted octanol–water partition coefficient (Wildman–Crippen LogP) is 3.62. The Hall–Kier alpha value is -3.02. The third kappa shape index (κ3) is 5.08. The molecule has 1 aliphatic heterocycles. The summed E-state index contributed by atoms with van der Waals surface area (Å²) in [6.07, 6.45) is 5.74. The van der Waals surface area contributed by atoms with E-state index in [4.69, 9.17) is 0 Å². The third-order valence-electron chi connectivity index (χ3n) is 5.40. The van der Waals surface area contributed by atoms with E-state index in [0.29, 0.717) is 11.3 Å². The summed E-state index contributed by atoms with van der Waals surface area (Å²) < 4.78 is 0. The normalized spacial score (nSPS) is 16.2. The van der Waals surface area contributed by atoms with Gasteiger partial charge in [0.05, 0.1) is 29.2 Å². The average molecular weight is 393 g/mol. The molecule has 29 heavy (non-hydrogen) atoms. The number of amides is 2.